The average Bonchev–Trinajstić information content (AvgIpc) is 2.75. The minimum absolute atomic E-state index is 0.167. The molecule has 1 aliphatic rings. The van der Waals surface area contributed by atoms with E-state index < -0.39 is 0 Å². The Morgan fingerprint density at radius 2 is 1.74 bits per heavy atom. The molecular weight excluding hydrogens is 359 g/mol. The molecule has 2 aromatic carbocycles. The number of carbonyl (C=O) groups is 1. The van der Waals surface area contributed by atoms with E-state index in [2.05, 4.69) is 15.6 Å². The summed E-state index contributed by atoms with van der Waals surface area (Å²) < 4.78 is 0.676. The van der Waals surface area contributed by atoms with Gasteiger partial charge in [-0.3, -0.25) is 0 Å². The van der Waals surface area contributed by atoms with Gasteiger partial charge in [-0.05, 0) is 0 Å². The topological polar surface area (TPSA) is 64.0 Å². The number of hydrogen-bond acceptors (Lipinski definition) is 4. The molecule has 6 heteroatoms. The van der Waals surface area contributed by atoms with Gasteiger partial charge in [0.1, 0.15) is 0 Å². The number of phenolic OH excluding ortho intramolecular Hbond substituents is 2. The van der Waals surface area contributed by atoms with Gasteiger partial charge in [-0.1, -0.05) is 0 Å². The van der Waals surface area contributed by atoms with Crippen molar-refractivity contribution in [2.24, 2.45) is 0 Å². The first-order chi connectivity index (χ1) is 11.0. The molecule has 1 saturated heterocycles. The third-order valence-corrected chi connectivity index (χ3v) is 4.54. The average molecular weight is 373 g/mol. The number of phenols is 2. The van der Waals surface area contributed by atoms with Crippen molar-refractivity contribution in [3.63, 3.8) is 0 Å². The van der Waals surface area contributed by atoms with Crippen LogP contribution in [0.25, 0.3) is 6.08 Å². The molecule has 1 aliphatic heterocycles. The number of anilines is 1. The molecule has 23 heavy (non-hydrogen) atoms. The van der Waals surface area contributed by atoms with E-state index in [0.717, 1.165) is 5.69 Å². The van der Waals surface area contributed by atoms with Crippen LogP contribution in [0, 0.1) is 0 Å². The molecule has 1 fully saturated rings. The van der Waals surface area contributed by atoms with Gasteiger partial charge in [-0.2, -0.15) is 0 Å². The number of nitrogens with zero attached hydrogens (tertiary/aromatic N) is 2. The Balaban J connectivity index is 2.00. The quantitative estimate of drug-likeness (QED) is 0.478. The number of carbonyl (C=O) groups excluding carboxylic acids is 1. The fraction of sp³-hybridized carbons (Fsp3) is 0.0588. The summed E-state index contributed by atoms with van der Waals surface area (Å²) in [6.45, 7) is 0. The van der Waals surface area contributed by atoms with Crippen molar-refractivity contribution < 1.29 is 15.0 Å². The molecule has 1 amide bonds. The molecule has 0 radical (unpaired) electrons. The van der Waals surface area contributed by atoms with Crippen LogP contribution in [0.4, 0.5) is 5.69 Å². The number of aromatic hydroxyl groups is 2. The van der Waals surface area contributed by atoms with Crippen molar-refractivity contribution in [1.82, 2.24) is 4.90 Å². The van der Waals surface area contributed by atoms with Crippen molar-refractivity contribution in [2.45, 2.75) is 0 Å². The molecule has 0 atom stereocenters. The number of rotatable bonds is 2. The first-order valence-corrected chi connectivity index (χ1v) is 7.75. The second-order valence-corrected chi connectivity index (χ2v) is 5.86. The molecule has 0 saturated carbocycles. The molecule has 3 rings (SSSR count). The second kappa shape index (κ2) is 5.91. The van der Waals surface area contributed by atoms with Crippen molar-refractivity contribution >= 4 is 37.9 Å². The van der Waals surface area contributed by atoms with Crippen molar-refractivity contribution in [3.05, 3.63) is 59.8 Å². The van der Waals surface area contributed by atoms with Gasteiger partial charge >= 0.3 is 141 Å². The van der Waals surface area contributed by atoms with Gasteiger partial charge in [0.15, 0.2) is 0 Å². The number of benzene rings is 2. The Bertz CT molecular complexity index is 818. The molecule has 2 aromatic rings. The molecular formula is C17H14N2O3Se. The maximum absolute atomic E-state index is 12.7. The predicted octanol–water partition coefficient (Wildman–Crippen LogP) is 1.67. The monoisotopic (exact) mass is 374 g/mol. The summed E-state index contributed by atoms with van der Waals surface area (Å²) in [6.07, 6.45) is 1.67. The van der Waals surface area contributed by atoms with Gasteiger partial charge in [0.05, 0.1) is 0 Å². The molecule has 0 bridgehead atoms. The third-order valence-electron chi connectivity index (χ3n) is 3.58. The van der Waals surface area contributed by atoms with Crippen LogP contribution in [0.1, 0.15) is 5.56 Å². The van der Waals surface area contributed by atoms with Crippen LogP contribution >= 0.6 is 0 Å². The van der Waals surface area contributed by atoms with Crippen LogP contribution < -0.4 is 4.90 Å². The summed E-state index contributed by atoms with van der Waals surface area (Å²) in [5.74, 6) is -0.583. The zero-order chi connectivity index (χ0) is 16.6. The van der Waals surface area contributed by atoms with Crippen LogP contribution in [0.15, 0.2) is 54.2 Å². The fourth-order valence-electron chi connectivity index (χ4n) is 2.35. The standard InChI is InChI=1S/C17H14N2O3Se/c1-18-13(9-11-7-8-14(20)15(21)10-11)16(22)19(17(18)23)12-5-3-2-4-6-12/h2-10,20-21H,1H3/b13-9+. The Morgan fingerprint density at radius 3 is 2.39 bits per heavy atom. The van der Waals surface area contributed by atoms with E-state index in [9.17, 15) is 15.0 Å². The molecule has 1 heterocycles. The third kappa shape index (κ3) is 2.74. The molecule has 2 N–H and O–H groups in total. The first kappa shape index (κ1) is 15.3. The van der Waals surface area contributed by atoms with Crippen LogP contribution in [-0.2, 0) is 4.79 Å². The van der Waals surface area contributed by atoms with Gasteiger partial charge in [0.2, 0.25) is 0 Å². The first-order valence-electron chi connectivity index (χ1n) is 6.90. The Morgan fingerprint density at radius 1 is 1.04 bits per heavy atom. The van der Waals surface area contributed by atoms with E-state index in [4.69, 9.17) is 0 Å². The summed E-state index contributed by atoms with van der Waals surface area (Å²) in [4.78, 5) is 16.1. The summed E-state index contributed by atoms with van der Waals surface area (Å²) >= 11 is 2.92. The molecule has 0 unspecified atom stereocenters. The SMILES string of the molecule is CN1C(=[Se])N(c2ccccc2)C(=O)/C1=C\c1ccc(O)c(O)c1. The number of amides is 1. The van der Waals surface area contributed by atoms with E-state index >= 15 is 0 Å². The minimum atomic E-state index is -0.223. The van der Waals surface area contributed by atoms with Gasteiger partial charge < -0.3 is 0 Å². The van der Waals surface area contributed by atoms with Crippen molar-refractivity contribution in [3.8, 4) is 11.5 Å². The van der Waals surface area contributed by atoms with Crippen LogP contribution in [0.2, 0.25) is 0 Å². The Labute approximate surface area is 141 Å². The predicted molar refractivity (Wildman–Crippen MR) is 90.2 cm³/mol. The van der Waals surface area contributed by atoms with Gasteiger partial charge in [0.25, 0.3) is 0 Å². The van der Waals surface area contributed by atoms with E-state index in [1.165, 1.54) is 12.1 Å². The fourth-order valence-corrected chi connectivity index (χ4v) is 2.95. The molecule has 0 spiro atoms. The number of likely N-dealkylation sites (N-methyl/N-ethyl adjacent to an activating group) is 1. The van der Waals surface area contributed by atoms with E-state index in [0.29, 0.717) is 15.9 Å². The Hall–Kier alpha value is -2.56. The zero-order valence-corrected chi connectivity index (χ0v) is 14.0. The Kier molecular flexibility index (Phi) is 3.94. The van der Waals surface area contributed by atoms with E-state index in [-0.39, 0.29) is 17.4 Å². The second-order valence-electron chi connectivity index (χ2n) is 5.10. The maximum atomic E-state index is 12.7. The summed E-state index contributed by atoms with van der Waals surface area (Å²) in [5, 5.41) is 19.0. The molecule has 5 nitrogen and oxygen atoms in total. The van der Waals surface area contributed by atoms with Gasteiger partial charge in [-0.25, -0.2) is 0 Å². The van der Waals surface area contributed by atoms with E-state index in [1.807, 2.05) is 30.3 Å². The number of hydrogen-bond donors (Lipinski definition) is 2. The van der Waals surface area contributed by atoms with Gasteiger partial charge in [0, 0.05) is 0 Å². The summed E-state index contributed by atoms with van der Waals surface area (Å²) in [7, 11) is 1.79. The normalized spacial score (nSPS) is 16.5. The van der Waals surface area contributed by atoms with E-state index in [1.54, 1.807) is 29.0 Å². The summed E-state index contributed by atoms with van der Waals surface area (Å²) in [6, 6.07) is 13.8. The molecule has 0 aliphatic carbocycles. The van der Waals surface area contributed by atoms with Gasteiger partial charge in [-0.15, -0.1) is 0 Å². The summed E-state index contributed by atoms with van der Waals surface area (Å²) in [5.41, 5.74) is 1.86. The van der Waals surface area contributed by atoms with Crippen LogP contribution in [0.5, 0.6) is 11.5 Å². The zero-order valence-electron chi connectivity index (χ0n) is 12.3. The van der Waals surface area contributed by atoms with Crippen LogP contribution in [0.3, 0.4) is 0 Å². The number of para-hydroxylation sites is 1. The molecule has 116 valence electrons. The van der Waals surface area contributed by atoms with Crippen molar-refractivity contribution in [1.29, 1.82) is 0 Å². The van der Waals surface area contributed by atoms with Crippen molar-refractivity contribution in [2.75, 3.05) is 11.9 Å². The molecule has 0 aromatic heterocycles. The van der Waals surface area contributed by atoms with Crippen LogP contribution in [-0.4, -0.2) is 48.3 Å².